The summed E-state index contributed by atoms with van der Waals surface area (Å²) in [4.78, 5) is 8.70. The summed E-state index contributed by atoms with van der Waals surface area (Å²) in [5.41, 5.74) is 0. The number of ether oxygens (including phenoxy) is 1. The van der Waals surface area contributed by atoms with Crippen LogP contribution >= 0.6 is 34.5 Å². The molecule has 2 aromatic heterocycles. The van der Waals surface area contributed by atoms with Crippen LogP contribution < -0.4 is 4.74 Å². The average molecular weight is 315 g/mol. The van der Waals surface area contributed by atoms with Gasteiger partial charge in [-0.25, -0.2) is 9.37 Å². The number of benzene rings is 1. The van der Waals surface area contributed by atoms with Crippen molar-refractivity contribution in [2.24, 2.45) is 0 Å². The molecule has 0 fully saturated rings. The number of thiophene rings is 1. The molecule has 1 aromatic carbocycles. The van der Waals surface area contributed by atoms with Crippen LogP contribution in [0.1, 0.15) is 0 Å². The molecule has 0 N–H and O–H groups in total. The Kier molecular flexibility index (Phi) is 3.26. The molecule has 0 bridgehead atoms. The minimum Gasteiger partial charge on any atom is -0.435 e. The van der Waals surface area contributed by atoms with Crippen LogP contribution in [0.25, 0.3) is 10.2 Å². The van der Waals surface area contributed by atoms with E-state index < -0.39 is 5.82 Å². The Hall–Kier alpha value is -1.43. The fraction of sp³-hybridized carbons (Fsp3) is 0. The molecular formula is C12H5Cl2FN2OS. The molecule has 0 aliphatic heterocycles. The lowest BCUT2D eigenvalue weighted by Gasteiger charge is -2.07. The molecule has 0 atom stereocenters. The summed E-state index contributed by atoms with van der Waals surface area (Å²) in [6.07, 6.45) is 0. The van der Waals surface area contributed by atoms with E-state index in [2.05, 4.69) is 9.97 Å². The van der Waals surface area contributed by atoms with Gasteiger partial charge in [-0.15, -0.1) is 11.3 Å². The summed E-state index contributed by atoms with van der Waals surface area (Å²) < 4.78 is 19.2. The normalized spacial score (nSPS) is 10.9. The van der Waals surface area contributed by atoms with Gasteiger partial charge in [-0.3, -0.25) is 0 Å². The van der Waals surface area contributed by atoms with Crippen LogP contribution in [0, 0.1) is 5.82 Å². The Bertz CT molecular complexity index is 763. The second-order valence-electron chi connectivity index (χ2n) is 3.59. The summed E-state index contributed by atoms with van der Waals surface area (Å²) in [6.45, 7) is 0. The fourth-order valence-electron chi connectivity index (χ4n) is 1.55. The minimum atomic E-state index is -0.637. The van der Waals surface area contributed by atoms with E-state index in [0.717, 1.165) is 0 Å². The predicted octanol–water partition coefficient (Wildman–Crippen LogP) is 4.93. The maximum absolute atomic E-state index is 13.8. The highest BCUT2D eigenvalue weighted by atomic mass is 35.5. The fourth-order valence-corrected chi connectivity index (χ4v) is 2.68. The first kappa shape index (κ1) is 12.6. The van der Waals surface area contributed by atoms with E-state index in [-0.39, 0.29) is 21.9 Å². The molecule has 0 saturated carbocycles. The highest BCUT2D eigenvalue weighted by molar-refractivity contribution is 7.16. The summed E-state index contributed by atoms with van der Waals surface area (Å²) in [5, 5.41) is 2.54. The Balaban J connectivity index is 2.10. The van der Waals surface area contributed by atoms with Crippen molar-refractivity contribution in [3.63, 3.8) is 0 Å². The highest BCUT2D eigenvalue weighted by Crippen LogP contribution is 2.33. The van der Waals surface area contributed by atoms with E-state index in [1.807, 2.05) is 5.38 Å². The van der Waals surface area contributed by atoms with Gasteiger partial charge in [0.2, 0.25) is 11.2 Å². The lowest BCUT2D eigenvalue weighted by Crippen LogP contribution is -1.93. The molecular weight excluding hydrogens is 310 g/mol. The van der Waals surface area contributed by atoms with Gasteiger partial charge in [0.15, 0.2) is 11.6 Å². The first-order valence-corrected chi connectivity index (χ1v) is 6.81. The Morgan fingerprint density at radius 3 is 2.84 bits per heavy atom. The summed E-state index contributed by atoms with van der Waals surface area (Å²) in [7, 11) is 0. The number of rotatable bonds is 2. The average Bonchev–Trinajstić information content (AvgIpc) is 2.83. The number of halogens is 3. The smallest absolute Gasteiger partial charge is 0.232 e. The van der Waals surface area contributed by atoms with Gasteiger partial charge in [0.05, 0.1) is 10.4 Å². The largest absolute Gasteiger partial charge is 0.435 e. The van der Waals surface area contributed by atoms with Gasteiger partial charge >= 0.3 is 0 Å². The van der Waals surface area contributed by atoms with E-state index in [9.17, 15) is 4.39 Å². The predicted molar refractivity (Wildman–Crippen MR) is 73.9 cm³/mol. The van der Waals surface area contributed by atoms with Crippen LogP contribution in [0.3, 0.4) is 0 Å². The van der Waals surface area contributed by atoms with E-state index >= 15 is 0 Å². The Labute approximate surface area is 121 Å². The van der Waals surface area contributed by atoms with Crippen LogP contribution in [0.15, 0.2) is 29.6 Å². The van der Waals surface area contributed by atoms with E-state index in [1.54, 1.807) is 12.1 Å². The van der Waals surface area contributed by atoms with Gasteiger partial charge in [0.25, 0.3) is 0 Å². The molecule has 0 aliphatic carbocycles. The third-order valence-electron chi connectivity index (χ3n) is 2.39. The number of fused-ring (bicyclic) bond motifs is 1. The molecule has 96 valence electrons. The van der Waals surface area contributed by atoms with Crippen molar-refractivity contribution in [2.75, 3.05) is 0 Å². The molecule has 2 heterocycles. The molecule has 0 saturated heterocycles. The number of aromatic nitrogens is 2. The van der Waals surface area contributed by atoms with Crippen molar-refractivity contribution < 1.29 is 9.13 Å². The number of hydrogen-bond acceptors (Lipinski definition) is 4. The molecule has 0 unspecified atom stereocenters. The van der Waals surface area contributed by atoms with E-state index in [0.29, 0.717) is 10.2 Å². The number of nitrogens with zero attached hydrogens (tertiary/aromatic N) is 2. The topological polar surface area (TPSA) is 35.0 Å². The SMILES string of the molecule is Fc1c(Cl)cccc1Oc1nc(Cl)nc2sccc12. The highest BCUT2D eigenvalue weighted by Gasteiger charge is 2.13. The van der Waals surface area contributed by atoms with E-state index in [4.69, 9.17) is 27.9 Å². The van der Waals surface area contributed by atoms with Crippen molar-refractivity contribution in [1.82, 2.24) is 9.97 Å². The van der Waals surface area contributed by atoms with Crippen LogP contribution in [0.5, 0.6) is 11.6 Å². The molecule has 0 amide bonds. The molecule has 7 heteroatoms. The molecule has 0 radical (unpaired) electrons. The molecule has 19 heavy (non-hydrogen) atoms. The molecule has 3 nitrogen and oxygen atoms in total. The summed E-state index contributed by atoms with van der Waals surface area (Å²) in [6, 6.07) is 6.29. The zero-order valence-corrected chi connectivity index (χ0v) is 11.6. The summed E-state index contributed by atoms with van der Waals surface area (Å²) in [5.74, 6) is -0.436. The van der Waals surface area contributed by atoms with Crippen molar-refractivity contribution in [1.29, 1.82) is 0 Å². The Morgan fingerprint density at radius 1 is 1.16 bits per heavy atom. The van der Waals surface area contributed by atoms with Gasteiger partial charge in [0, 0.05) is 0 Å². The molecule has 0 spiro atoms. The van der Waals surface area contributed by atoms with Gasteiger partial charge in [-0.05, 0) is 35.2 Å². The van der Waals surface area contributed by atoms with E-state index in [1.165, 1.54) is 23.5 Å². The zero-order valence-electron chi connectivity index (χ0n) is 9.23. The van der Waals surface area contributed by atoms with Gasteiger partial charge in [0.1, 0.15) is 4.83 Å². The van der Waals surface area contributed by atoms with Crippen LogP contribution in [0.2, 0.25) is 10.3 Å². The molecule has 0 aliphatic rings. The quantitative estimate of drug-likeness (QED) is 0.629. The first-order chi connectivity index (χ1) is 9.15. The third-order valence-corrected chi connectivity index (χ3v) is 3.65. The second kappa shape index (κ2) is 4.92. The standard InChI is InChI=1S/C12H5Cl2FN2OS/c13-7-2-1-3-8(9(7)15)18-10-6-4-5-19-11(6)17-12(14)16-10/h1-5H. The molecule has 3 rings (SSSR count). The Morgan fingerprint density at radius 2 is 2.00 bits per heavy atom. The van der Waals surface area contributed by atoms with Gasteiger partial charge < -0.3 is 4.74 Å². The van der Waals surface area contributed by atoms with Crippen molar-refractivity contribution in [3.05, 3.63) is 45.8 Å². The van der Waals surface area contributed by atoms with Crippen LogP contribution in [0.4, 0.5) is 4.39 Å². The van der Waals surface area contributed by atoms with Crippen molar-refractivity contribution >= 4 is 44.8 Å². The van der Waals surface area contributed by atoms with Crippen molar-refractivity contribution in [2.45, 2.75) is 0 Å². The monoisotopic (exact) mass is 314 g/mol. The van der Waals surface area contributed by atoms with Crippen LogP contribution in [-0.2, 0) is 0 Å². The maximum Gasteiger partial charge on any atom is 0.232 e. The lowest BCUT2D eigenvalue weighted by molar-refractivity contribution is 0.432. The maximum atomic E-state index is 13.8. The molecule has 3 aromatic rings. The van der Waals surface area contributed by atoms with Crippen molar-refractivity contribution in [3.8, 4) is 11.6 Å². The zero-order chi connectivity index (χ0) is 13.4. The number of hydrogen-bond donors (Lipinski definition) is 0. The summed E-state index contributed by atoms with van der Waals surface area (Å²) >= 11 is 12.9. The van der Waals surface area contributed by atoms with Gasteiger partial charge in [-0.2, -0.15) is 4.98 Å². The minimum absolute atomic E-state index is 0.00485. The van der Waals surface area contributed by atoms with Gasteiger partial charge in [-0.1, -0.05) is 17.7 Å². The lowest BCUT2D eigenvalue weighted by atomic mass is 10.3. The van der Waals surface area contributed by atoms with Crippen LogP contribution in [-0.4, -0.2) is 9.97 Å². The second-order valence-corrected chi connectivity index (χ2v) is 5.23. The third kappa shape index (κ3) is 2.36. The first-order valence-electron chi connectivity index (χ1n) is 5.18.